The Kier molecular flexibility index (Phi) is 6.21. The minimum Gasteiger partial charge on any atom is -0.457 e. The second kappa shape index (κ2) is 7.43. The molecule has 0 bridgehead atoms. The van der Waals surface area contributed by atoms with E-state index in [4.69, 9.17) is 4.74 Å². The van der Waals surface area contributed by atoms with Gasteiger partial charge in [0.15, 0.2) is 0 Å². The number of carbonyl (C=O) groups excluding carboxylic acids is 1. The predicted octanol–water partition coefficient (Wildman–Crippen LogP) is 4.12. The number of benzene rings is 1. The first-order valence-corrected chi connectivity index (χ1v) is 6.98. The minimum absolute atomic E-state index is 0.272. The van der Waals surface area contributed by atoms with E-state index in [1.165, 1.54) is 0 Å². The van der Waals surface area contributed by atoms with Crippen molar-refractivity contribution in [1.29, 1.82) is 0 Å². The van der Waals surface area contributed by atoms with Crippen LogP contribution in [0.15, 0.2) is 45.2 Å². The van der Waals surface area contributed by atoms with Crippen molar-refractivity contribution < 1.29 is 9.53 Å². The molecule has 0 atom stereocenters. The van der Waals surface area contributed by atoms with E-state index in [9.17, 15) is 4.79 Å². The third-order valence-electron chi connectivity index (χ3n) is 2.54. The number of esters is 1. The lowest BCUT2D eigenvalue weighted by Crippen LogP contribution is -2.20. The maximum atomic E-state index is 12.1. The van der Waals surface area contributed by atoms with E-state index < -0.39 is 0 Å². The third-order valence-corrected chi connectivity index (χ3v) is 2.86. The Bertz CT molecular complexity index is 473. The number of allylic oxidation sites excluding steroid dienone is 1. The van der Waals surface area contributed by atoms with Gasteiger partial charge in [-0.25, -0.2) is 8.00 Å². The summed E-state index contributed by atoms with van der Waals surface area (Å²) in [5, 5.41) is 0. The van der Waals surface area contributed by atoms with Gasteiger partial charge in [-0.15, -0.1) is 0 Å². The first-order valence-electron chi connectivity index (χ1n) is 6.01. The molecule has 4 heteroatoms. The average Bonchev–Trinajstić information content (AvgIpc) is 2.36. The second-order valence-electron chi connectivity index (χ2n) is 5.14. The van der Waals surface area contributed by atoms with Gasteiger partial charge in [0.25, 0.3) is 0 Å². The topological polar surface area (TPSA) is 38.7 Å². The van der Waals surface area contributed by atoms with Crippen LogP contribution in [0.1, 0.15) is 26.3 Å². The fourth-order valence-electron chi connectivity index (χ4n) is 1.53. The van der Waals surface area contributed by atoms with Crippen LogP contribution in [0.5, 0.6) is 0 Å². The van der Waals surface area contributed by atoms with E-state index in [-0.39, 0.29) is 18.0 Å². The summed E-state index contributed by atoms with van der Waals surface area (Å²) in [6.07, 6.45) is 3.31. The lowest BCUT2D eigenvalue weighted by molar-refractivity contribution is -0.141. The molecule has 3 nitrogen and oxygen atoms in total. The molecule has 0 amide bonds. The molecule has 1 rings (SSSR count). The molecule has 0 N–H and O–H groups in total. The Morgan fingerprint density at radius 3 is 2.47 bits per heavy atom. The Labute approximate surface area is 128 Å². The minimum atomic E-state index is -0.298. The van der Waals surface area contributed by atoms with Crippen LogP contribution in [0.3, 0.4) is 0 Å². The summed E-state index contributed by atoms with van der Waals surface area (Å²) in [7, 11) is 0. The van der Waals surface area contributed by atoms with Crippen LogP contribution in [0.25, 0.3) is 0 Å². The summed E-state index contributed by atoms with van der Waals surface area (Å²) >= 11 is 1.88. The Balaban J connectivity index is 2.74. The van der Waals surface area contributed by atoms with Crippen molar-refractivity contribution in [1.82, 2.24) is 0 Å². The summed E-state index contributed by atoms with van der Waals surface area (Å²) in [6.45, 7) is 6.21. The smallest absolute Gasteiger partial charge is 0.334 e. The van der Waals surface area contributed by atoms with Crippen molar-refractivity contribution in [3.05, 3.63) is 47.5 Å². The lowest BCUT2D eigenvalue weighted by atomic mass is 9.86. The van der Waals surface area contributed by atoms with Crippen molar-refractivity contribution >= 4 is 35.0 Å². The molecule has 0 saturated heterocycles. The van der Waals surface area contributed by atoms with E-state index in [2.05, 4.69) is 3.21 Å². The standard InChI is InChI=1S/C15H18INO2/c1-15(2,3)13(9-10-17-16)14(18)19-11-12-7-5-4-6-8-12/h4-10H,11H2,1-3H3/b13-9+,17-10-. The van der Waals surface area contributed by atoms with Gasteiger partial charge in [-0.1, -0.05) is 51.1 Å². The van der Waals surface area contributed by atoms with Gasteiger partial charge in [0.1, 0.15) is 6.61 Å². The van der Waals surface area contributed by atoms with Crippen molar-refractivity contribution in [3.63, 3.8) is 0 Å². The number of hydrogen-bond acceptors (Lipinski definition) is 3. The molecule has 0 fully saturated rings. The number of rotatable bonds is 4. The van der Waals surface area contributed by atoms with Gasteiger partial charge in [-0.3, -0.25) is 0 Å². The summed E-state index contributed by atoms with van der Waals surface area (Å²) in [5.41, 5.74) is 1.32. The second-order valence-corrected chi connectivity index (χ2v) is 5.70. The van der Waals surface area contributed by atoms with Gasteiger partial charge in [0, 0.05) is 11.8 Å². The molecule has 0 aliphatic rings. The molecule has 0 unspecified atom stereocenters. The zero-order valence-corrected chi connectivity index (χ0v) is 13.5. The van der Waals surface area contributed by atoms with Crippen molar-refractivity contribution in [2.75, 3.05) is 0 Å². The SMILES string of the molecule is CC(C)(C)/C(=C/C=N\I)C(=O)OCc1ccccc1. The Morgan fingerprint density at radius 1 is 1.32 bits per heavy atom. The molecular weight excluding hydrogens is 353 g/mol. The summed E-state index contributed by atoms with van der Waals surface area (Å²) < 4.78 is 9.19. The Morgan fingerprint density at radius 2 is 1.95 bits per heavy atom. The van der Waals surface area contributed by atoms with E-state index in [0.29, 0.717) is 5.57 Å². The van der Waals surface area contributed by atoms with E-state index in [1.54, 1.807) is 12.3 Å². The van der Waals surface area contributed by atoms with Crippen molar-refractivity contribution in [2.45, 2.75) is 27.4 Å². The molecule has 0 saturated carbocycles. The van der Waals surface area contributed by atoms with Crippen LogP contribution in [0.2, 0.25) is 0 Å². The molecule has 0 heterocycles. The first-order chi connectivity index (χ1) is 8.95. The molecule has 0 radical (unpaired) electrons. The third kappa shape index (κ3) is 5.55. The molecule has 0 aliphatic heterocycles. The molecule has 19 heavy (non-hydrogen) atoms. The van der Waals surface area contributed by atoms with Crippen LogP contribution in [0, 0.1) is 5.41 Å². The monoisotopic (exact) mass is 371 g/mol. The van der Waals surface area contributed by atoms with Crippen LogP contribution in [-0.2, 0) is 16.1 Å². The van der Waals surface area contributed by atoms with Crippen molar-refractivity contribution in [2.24, 2.45) is 8.62 Å². The van der Waals surface area contributed by atoms with Gasteiger partial charge in [0.2, 0.25) is 0 Å². The van der Waals surface area contributed by atoms with E-state index in [0.717, 1.165) is 5.56 Å². The summed E-state index contributed by atoms with van der Waals surface area (Å²) in [4.78, 5) is 12.1. The van der Waals surface area contributed by atoms with Crippen LogP contribution in [0.4, 0.5) is 0 Å². The molecule has 102 valence electrons. The van der Waals surface area contributed by atoms with Crippen LogP contribution < -0.4 is 0 Å². The molecule has 0 aromatic heterocycles. The summed E-state index contributed by atoms with van der Waals surface area (Å²) in [5.74, 6) is -0.298. The molecule has 0 aliphatic carbocycles. The number of ether oxygens (including phenoxy) is 1. The van der Waals surface area contributed by atoms with E-state index >= 15 is 0 Å². The highest BCUT2D eigenvalue weighted by Crippen LogP contribution is 2.26. The first kappa shape index (κ1) is 15.9. The predicted molar refractivity (Wildman–Crippen MR) is 86.3 cm³/mol. The van der Waals surface area contributed by atoms with Gasteiger partial charge in [0.05, 0.1) is 22.9 Å². The largest absolute Gasteiger partial charge is 0.457 e. The average molecular weight is 371 g/mol. The highest BCUT2D eigenvalue weighted by molar-refractivity contribution is 14.1. The number of carbonyl (C=O) groups is 1. The van der Waals surface area contributed by atoms with Crippen LogP contribution >= 0.6 is 22.9 Å². The van der Waals surface area contributed by atoms with Gasteiger partial charge >= 0.3 is 5.97 Å². The van der Waals surface area contributed by atoms with E-state index in [1.807, 2.05) is 74.0 Å². The highest BCUT2D eigenvalue weighted by Gasteiger charge is 2.24. The fraction of sp³-hybridized carbons (Fsp3) is 0.333. The fourth-order valence-corrected chi connectivity index (χ4v) is 1.69. The van der Waals surface area contributed by atoms with Gasteiger partial charge < -0.3 is 4.74 Å². The molecule has 1 aromatic carbocycles. The van der Waals surface area contributed by atoms with Gasteiger partial charge in [-0.2, -0.15) is 0 Å². The number of nitrogens with zero attached hydrogens (tertiary/aromatic N) is 1. The zero-order valence-electron chi connectivity index (χ0n) is 11.4. The number of halogens is 1. The highest BCUT2D eigenvalue weighted by atomic mass is 127. The zero-order chi connectivity index (χ0) is 14.3. The molecular formula is C15H18INO2. The van der Waals surface area contributed by atoms with Crippen LogP contribution in [-0.4, -0.2) is 12.2 Å². The summed E-state index contributed by atoms with van der Waals surface area (Å²) in [6, 6.07) is 9.64. The van der Waals surface area contributed by atoms with Crippen molar-refractivity contribution in [3.8, 4) is 0 Å². The lowest BCUT2D eigenvalue weighted by Gasteiger charge is -2.21. The maximum absolute atomic E-state index is 12.1. The number of hydrogen-bond donors (Lipinski definition) is 0. The Hall–Kier alpha value is -1.17. The maximum Gasteiger partial charge on any atom is 0.334 e. The molecule has 1 aromatic rings. The molecule has 0 spiro atoms. The normalized spacial score (nSPS) is 12.7. The quantitative estimate of drug-likeness (QED) is 0.346. The van der Waals surface area contributed by atoms with Gasteiger partial charge in [-0.05, 0) is 17.1 Å².